The van der Waals surface area contributed by atoms with Gasteiger partial charge in [0.25, 0.3) is 5.89 Å². The van der Waals surface area contributed by atoms with Crippen LogP contribution in [0, 0.1) is 5.82 Å². The maximum atomic E-state index is 14.3. The van der Waals surface area contributed by atoms with Crippen LogP contribution < -0.4 is 4.31 Å². The van der Waals surface area contributed by atoms with Crippen molar-refractivity contribution in [3.05, 3.63) is 66.2 Å². The van der Waals surface area contributed by atoms with E-state index >= 15 is 0 Å². The maximum absolute atomic E-state index is 14.3. The van der Waals surface area contributed by atoms with E-state index in [1.165, 1.54) is 18.2 Å². The molecule has 43 heavy (non-hydrogen) atoms. The summed E-state index contributed by atoms with van der Waals surface area (Å²) < 4.78 is 103. The van der Waals surface area contributed by atoms with Crippen LogP contribution in [0.5, 0.6) is 0 Å². The first-order valence-electron chi connectivity index (χ1n) is 14.0. The van der Waals surface area contributed by atoms with Crippen LogP contribution in [0.3, 0.4) is 0 Å². The first-order chi connectivity index (χ1) is 20.5. The Bertz CT molecular complexity index is 1690. The molecule has 1 saturated heterocycles. The van der Waals surface area contributed by atoms with E-state index in [1.807, 2.05) is 0 Å². The summed E-state index contributed by atoms with van der Waals surface area (Å²) in [7, 11) is -3.99. The van der Waals surface area contributed by atoms with E-state index in [9.17, 15) is 30.4 Å². The summed E-state index contributed by atoms with van der Waals surface area (Å²) in [5.74, 6) is -4.14. The fourth-order valence-electron chi connectivity index (χ4n) is 5.90. The average molecular weight is 625 g/mol. The van der Waals surface area contributed by atoms with E-state index in [0.29, 0.717) is 55.7 Å². The number of anilines is 1. The quantitative estimate of drug-likeness (QED) is 0.227. The molecule has 1 aromatic carbocycles. The topological polar surface area (TPSA) is 96.8 Å². The van der Waals surface area contributed by atoms with Crippen molar-refractivity contribution < 1.29 is 34.8 Å². The Kier molecular flexibility index (Phi) is 7.87. The van der Waals surface area contributed by atoms with E-state index in [2.05, 4.69) is 20.1 Å². The lowest BCUT2D eigenvalue weighted by Crippen LogP contribution is -2.49. The number of imidazole rings is 1. The lowest BCUT2D eigenvalue weighted by molar-refractivity contribution is -0.0552. The average Bonchev–Trinajstić information content (AvgIpc) is 3.63. The molecule has 4 aromatic rings. The van der Waals surface area contributed by atoms with Crippen LogP contribution in [0.25, 0.3) is 17.1 Å². The van der Waals surface area contributed by atoms with Gasteiger partial charge in [0, 0.05) is 36.8 Å². The van der Waals surface area contributed by atoms with Gasteiger partial charge >= 0.3 is 6.43 Å². The summed E-state index contributed by atoms with van der Waals surface area (Å²) >= 11 is 0. The number of hydrogen-bond donors (Lipinski definition) is 0. The van der Waals surface area contributed by atoms with Gasteiger partial charge in [0.05, 0.1) is 23.2 Å². The Morgan fingerprint density at radius 2 is 1.79 bits per heavy atom. The van der Waals surface area contributed by atoms with Gasteiger partial charge in [-0.1, -0.05) is 6.07 Å². The molecule has 3 aromatic heterocycles. The van der Waals surface area contributed by atoms with Crippen LogP contribution in [0.15, 0.2) is 53.2 Å². The molecule has 0 atom stereocenters. The molecule has 230 valence electrons. The Hall–Kier alpha value is -3.59. The van der Waals surface area contributed by atoms with Crippen LogP contribution in [0.2, 0.25) is 0 Å². The van der Waals surface area contributed by atoms with Crippen LogP contribution in [-0.2, 0) is 16.6 Å². The number of rotatable bonds is 8. The normalized spacial score (nSPS) is 18.9. The highest BCUT2D eigenvalue weighted by Gasteiger charge is 2.40. The number of likely N-dealkylation sites (tertiary alicyclic amines) is 1. The van der Waals surface area contributed by atoms with Gasteiger partial charge in [0.1, 0.15) is 11.5 Å². The van der Waals surface area contributed by atoms with Crippen molar-refractivity contribution in [1.29, 1.82) is 0 Å². The number of pyridine rings is 1. The van der Waals surface area contributed by atoms with E-state index in [0.717, 1.165) is 10.4 Å². The molecule has 1 saturated carbocycles. The van der Waals surface area contributed by atoms with Crippen molar-refractivity contribution in [2.24, 2.45) is 0 Å². The Morgan fingerprint density at radius 1 is 1.05 bits per heavy atom. The second-order valence-corrected chi connectivity index (χ2v) is 13.2. The van der Waals surface area contributed by atoms with Gasteiger partial charge in [0.2, 0.25) is 21.8 Å². The second kappa shape index (κ2) is 11.5. The molecule has 2 aliphatic rings. The Labute approximate surface area is 244 Å². The van der Waals surface area contributed by atoms with Gasteiger partial charge in [-0.05, 0) is 69.1 Å². The third kappa shape index (κ3) is 6.23. The highest BCUT2D eigenvalue weighted by atomic mass is 32.2. The molecule has 0 radical (unpaired) electrons. The first kappa shape index (κ1) is 29.5. The molecule has 0 amide bonds. The number of alkyl halides is 4. The summed E-state index contributed by atoms with van der Waals surface area (Å²) in [4.78, 5) is 6.64. The van der Waals surface area contributed by atoms with Crippen LogP contribution in [0.4, 0.5) is 27.6 Å². The molecule has 9 nitrogen and oxygen atoms in total. The SMILES string of the molecule is O=S(=O)(C1CCN(C2CCC(F)(F)CC2)CC1)N(Cc1cn2ccc(-c3nnc(C(F)F)o3)cc2n1)c1cccc(F)c1. The third-order valence-corrected chi connectivity index (χ3v) is 10.5. The molecular weight excluding hydrogens is 595 g/mol. The zero-order chi connectivity index (χ0) is 30.4. The van der Waals surface area contributed by atoms with Gasteiger partial charge in [0.15, 0.2) is 0 Å². The zero-order valence-corrected chi connectivity index (χ0v) is 23.7. The number of piperidine rings is 1. The Balaban J connectivity index is 1.23. The minimum absolute atomic E-state index is 0.0135. The summed E-state index contributed by atoms with van der Waals surface area (Å²) in [6.07, 6.45) is 1.41. The number of sulfonamides is 1. The van der Waals surface area contributed by atoms with Gasteiger partial charge in [-0.3, -0.25) is 4.31 Å². The van der Waals surface area contributed by atoms with E-state index in [4.69, 9.17) is 4.42 Å². The van der Waals surface area contributed by atoms with E-state index < -0.39 is 39.3 Å². The molecule has 1 aliphatic carbocycles. The molecule has 2 fully saturated rings. The number of hydrogen-bond acceptors (Lipinski definition) is 7. The maximum Gasteiger partial charge on any atom is 0.314 e. The number of halogens is 5. The largest absolute Gasteiger partial charge is 0.415 e. The van der Waals surface area contributed by atoms with Crippen molar-refractivity contribution >= 4 is 21.4 Å². The summed E-state index contributed by atoms with van der Waals surface area (Å²) in [6.45, 7) is 0.755. The van der Waals surface area contributed by atoms with Crippen LogP contribution in [0.1, 0.15) is 56.5 Å². The van der Waals surface area contributed by atoms with Crippen LogP contribution >= 0.6 is 0 Å². The van der Waals surface area contributed by atoms with Gasteiger partial charge in [-0.25, -0.2) is 26.6 Å². The number of aromatic nitrogens is 4. The fraction of sp³-hybridized carbons (Fsp3) is 0.464. The van der Waals surface area contributed by atoms with Crippen molar-refractivity contribution in [2.75, 3.05) is 17.4 Å². The molecule has 1 aliphatic heterocycles. The molecule has 0 spiro atoms. The molecular formula is C28H29F5N6O3S. The van der Waals surface area contributed by atoms with Crippen molar-refractivity contribution in [2.45, 2.75) is 68.7 Å². The standard InChI is InChI=1S/C28H29F5N6O3S/c29-19-2-1-3-22(15-19)39(43(40,41)23-7-12-37(13-8-23)21-4-9-28(32,33)10-5-21)17-20-16-38-11-6-18(14-24(38)34-20)26-35-36-27(42-26)25(30)31/h1-3,6,11,14-16,21,23,25H,4-5,7-10,12-13,17H2. The summed E-state index contributed by atoms with van der Waals surface area (Å²) in [5.41, 5.74) is 1.25. The van der Waals surface area contributed by atoms with Gasteiger partial charge in [-0.2, -0.15) is 8.78 Å². The van der Waals surface area contributed by atoms with Crippen molar-refractivity contribution in [1.82, 2.24) is 24.5 Å². The number of benzene rings is 1. The smallest absolute Gasteiger partial charge is 0.314 e. The van der Waals surface area contributed by atoms with Gasteiger partial charge in [-0.15, -0.1) is 10.2 Å². The molecule has 4 heterocycles. The highest BCUT2D eigenvalue weighted by molar-refractivity contribution is 7.93. The van der Waals surface area contributed by atoms with Crippen molar-refractivity contribution in [3.8, 4) is 11.5 Å². The minimum atomic E-state index is -3.99. The summed E-state index contributed by atoms with van der Waals surface area (Å²) in [5, 5.41) is 6.24. The monoisotopic (exact) mass is 624 g/mol. The second-order valence-electron chi connectivity index (χ2n) is 11.0. The lowest BCUT2D eigenvalue weighted by Gasteiger charge is -2.41. The molecule has 6 rings (SSSR count). The Morgan fingerprint density at radius 3 is 2.47 bits per heavy atom. The predicted molar refractivity (Wildman–Crippen MR) is 147 cm³/mol. The minimum Gasteiger partial charge on any atom is -0.415 e. The number of nitrogens with zero attached hydrogens (tertiary/aromatic N) is 6. The summed E-state index contributed by atoms with van der Waals surface area (Å²) in [6, 6.07) is 8.46. The fourth-order valence-corrected chi connectivity index (χ4v) is 7.78. The first-order valence-corrected chi connectivity index (χ1v) is 15.5. The third-order valence-electron chi connectivity index (χ3n) is 8.19. The van der Waals surface area contributed by atoms with E-state index in [1.54, 1.807) is 28.9 Å². The number of fused-ring (bicyclic) bond motifs is 1. The lowest BCUT2D eigenvalue weighted by atomic mass is 9.90. The molecule has 0 bridgehead atoms. The van der Waals surface area contributed by atoms with Crippen molar-refractivity contribution in [3.63, 3.8) is 0 Å². The molecule has 0 unspecified atom stereocenters. The van der Waals surface area contributed by atoms with Gasteiger partial charge < -0.3 is 13.7 Å². The van der Waals surface area contributed by atoms with Crippen LogP contribution in [-0.4, -0.2) is 63.2 Å². The highest BCUT2D eigenvalue weighted by Crippen LogP contribution is 2.37. The molecule has 0 N–H and O–H groups in total. The van der Waals surface area contributed by atoms with E-state index in [-0.39, 0.29) is 37.0 Å². The molecule has 15 heteroatoms. The predicted octanol–water partition coefficient (Wildman–Crippen LogP) is 5.84. The zero-order valence-electron chi connectivity index (χ0n) is 22.9.